The molecule has 1 fully saturated rings. The van der Waals surface area contributed by atoms with E-state index in [4.69, 9.17) is 16.7 Å². The Hall–Kier alpha value is -1.89. The fourth-order valence-corrected chi connectivity index (χ4v) is 2.86. The number of piperazine rings is 1. The summed E-state index contributed by atoms with van der Waals surface area (Å²) in [6.45, 7) is 7.64. The van der Waals surface area contributed by atoms with E-state index >= 15 is 0 Å². The van der Waals surface area contributed by atoms with E-state index < -0.39 is 11.9 Å². The Kier molecular flexibility index (Phi) is 10.6. The number of halogens is 1. The van der Waals surface area contributed by atoms with E-state index in [1.807, 2.05) is 0 Å². The van der Waals surface area contributed by atoms with Crippen LogP contribution in [0.25, 0.3) is 0 Å². The lowest BCUT2D eigenvalue weighted by Gasteiger charge is -2.29. The maximum atomic E-state index is 9.53. The smallest absolute Gasteiger partial charge is 0.328 e. The van der Waals surface area contributed by atoms with Gasteiger partial charge in [0, 0.05) is 23.9 Å². The number of quaternary nitrogens is 2. The highest BCUT2D eigenvalue weighted by Crippen LogP contribution is 1.95. The summed E-state index contributed by atoms with van der Waals surface area (Å²) < 4.78 is 0. The van der Waals surface area contributed by atoms with Crippen molar-refractivity contribution in [2.75, 3.05) is 38.6 Å². The molecule has 2 rings (SSSR count). The number of carbonyl (C=O) groups is 2. The summed E-state index contributed by atoms with van der Waals surface area (Å²) in [5.74, 6) is -1.99. The number of aliphatic carboxylic acids is 2. The fraction of sp³-hybridized carbons (Fsp3) is 0.444. The van der Waals surface area contributed by atoms with Gasteiger partial charge in [-0.1, -0.05) is 30.3 Å². The van der Waals surface area contributed by atoms with Gasteiger partial charge in [0.2, 0.25) is 0 Å². The molecule has 0 saturated carbocycles. The van der Waals surface area contributed by atoms with Crippen LogP contribution in [-0.2, 0) is 16.1 Å². The Morgan fingerprint density at radius 1 is 1.08 bits per heavy atom. The molecule has 0 radical (unpaired) electrons. The van der Waals surface area contributed by atoms with Crippen LogP contribution in [0.1, 0.15) is 12.0 Å². The Balaban J connectivity index is 0.000000333. The molecule has 0 atom stereocenters. The molecule has 138 valence electrons. The van der Waals surface area contributed by atoms with E-state index in [-0.39, 0.29) is 0 Å². The normalized spacial score (nSPS) is 19.9. The summed E-state index contributed by atoms with van der Waals surface area (Å²) in [7, 11) is 0. The molecule has 1 saturated heterocycles. The van der Waals surface area contributed by atoms with Gasteiger partial charge in [0.15, 0.2) is 0 Å². The second-order valence-electron chi connectivity index (χ2n) is 5.95. The number of hydrogen-bond donors (Lipinski definition) is 3. The summed E-state index contributed by atoms with van der Waals surface area (Å²) >= 11 is 5.74. The zero-order valence-electron chi connectivity index (χ0n) is 14.2. The van der Waals surface area contributed by atoms with Gasteiger partial charge in [0.1, 0.15) is 32.7 Å². The predicted molar refractivity (Wildman–Crippen MR) is 93.5 cm³/mol. The Morgan fingerprint density at radius 2 is 1.68 bits per heavy atom. The molecule has 1 aromatic carbocycles. The molecule has 0 amide bonds. The van der Waals surface area contributed by atoms with Crippen LogP contribution in [0.5, 0.6) is 0 Å². The Labute approximate surface area is 153 Å². The number of alkyl halides is 1. The van der Waals surface area contributed by atoms with Crippen molar-refractivity contribution in [3.05, 3.63) is 48.0 Å². The van der Waals surface area contributed by atoms with Gasteiger partial charge in [0.05, 0.1) is 12.5 Å². The maximum absolute atomic E-state index is 9.53. The first-order valence-electron chi connectivity index (χ1n) is 8.40. The minimum absolute atomic E-state index is 0.447. The van der Waals surface area contributed by atoms with Crippen LogP contribution >= 0.6 is 11.6 Å². The van der Waals surface area contributed by atoms with E-state index in [9.17, 15) is 14.7 Å². The summed E-state index contributed by atoms with van der Waals surface area (Å²) in [6.07, 6.45) is 2.10. The highest BCUT2D eigenvalue weighted by atomic mass is 35.5. The van der Waals surface area contributed by atoms with E-state index in [2.05, 4.69) is 30.3 Å². The summed E-state index contributed by atoms with van der Waals surface area (Å²) in [4.78, 5) is 22.4. The zero-order valence-corrected chi connectivity index (χ0v) is 15.0. The van der Waals surface area contributed by atoms with Gasteiger partial charge in [0.25, 0.3) is 0 Å². The van der Waals surface area contributed by atoms with Crippen molar-refractivity contribution in [2.45, 2.75) is 13.0 Å². The van der Waals surface area contributed by atoms with Crippen molar-refractivity contribution in [2.24, 2.45) is 0 Å². The minimum Gasteiger partial charge on any atom is -0.545 e. The molecular formula is C18H26ClN2O4+. The number of carboxylic acids is 2. The molecule has 3 N–H and O–H groups in total. The third-order valence-corrected chi connectivity index (χ3v) is 4.25. The number of nitrogens with one attached hydrogen (secondary N) is 2. The first-order chi connectivity index (χ1) is 12.0. The highest BCUT2D eigenvalue weighted by molar-refractivity contribution is 6.17. The number of carbonyl (C=O) groups excluding carboxylic acids is 1. The number of rotatable bonds is 7. The molecule has 0 spiro atoms. The fourth-order valence-electron chi connectivity index (χ4n) is 2.72. The Morgan fingerprint density at radius 3 is 2.16 bits per heavy atom. The van der Waals surface area contributed by atoms with Crippen LogP contribution in [-0.4, -0.2) is 55.6 Å². The molecule has 0 unspecified atom stereocenters. The lowest BCUT2D eigenvalue weighted by molar-refractivity contribution is -1.02. The molecule has 1 aliphatic rings. The van der Waals surface area contributed by atoms with Crippen molar-refractivity contribution >= 4 is 23.5 Å². The van der Waals surface area contributed by atoms with Crippen molar-refractivity contribution in [3.8, 4) is 0 Å². The average Bonchev–Trinajstić information content (AvgIpc) is 2.61. The van der Waals surface area contributed by atoms with E-state index in [0.29, 0.717) is 12.2 Å². The summed E-state index contributed by atoms with van der Waals surface area (Å²) in [6, 6.07) is 10.8. The average molecular weight is 370 g/mol. The molecule has 1 heterocycles. The molecule has 0 aliphatic carbocycles. The second-order valence-corrected chi connectivity index (χ2v) is 6.32. The molecular weight excluding hydrogens is 344 g/mol. The van der Waals surface area contributed by atoms with Gasteiger partial charge in [-0.3, -0.25) is 0 Å². The molecule has 6 nitrogen and oxygen atoms in total. The van der Waals surface area contributed by atoms with Crippen LogP contribution in [0, 0.1) is 0 Å². The molecule has 1 aromatic rings. The quantitative estimate of drug-likeness (QED) is 0.382. The highest BCUT2D eigenvalue weighted by Gasteiger charge is 2.22. The van der Waals surface area contributed by atoms with Gasteiger partial charge >= 0.3 is 5.97 Å². The van der Waals surface area contributed by atoms with E-state index in [0.717, 1.165) is 12.3 Å². The molecule has 25 heavy (non-hydrogen) atoms. The van der Waals surface area contributed by atoms with E-state index in [1.54, 1.807) is 9.80 Å². The van der Waals surface area contributed by atoms with Gasteiger partial charge in [-0.2, -0.15) is 0 Å². The second kappa shape index (κ2) is 12.5. The number of benzene rings is 1. The van der Waals surface area contributed by atoms with Crippen molar-refractivity contribution in [1.82, 2.24) is 0 Å². The van der Waals surface area contributed by atoms with Gasteiger partial charge in [-0.15, -0.1) is 11.6 Å². The standard InChI is InChI=1S/C14H21ClN2.C4H4O4/c15-7-4-8-16-9-11-17(12-10-16)13-14-5-2-1-3-6-14;5-3(6)1-2-4(7)8/h1-3,5-6H,4,7-13H2;1-2H,(H,5,6)(H,7,8)/p+1/b;2-1-. The third-order valence-electron chi connectivity index (χ3n) is 3.99. The first-order valence-corrected chi connectivity index (χ1v) is 8.93. The zero-order chi connectivity index (χ0) is 18.5. The molecule has 7 heteroatoms. The largest absolute Gasteiger partial charge is 0.545 e. The Bertz CT molecular complexity index is 527. The van der Waals surface area contributed by atoms with Crippen molar-refractivity contribution in [3.63, 3.8) is 0 Å². The number of carboxylic acid groups (broad SMARTS) is 2. The van der Waals surface area contributed by atoms with Crippen LogP contribution in [0.15, 0.2) is 42.5 Å². The SMILES string of the molecule is ClCCC[NH+]1CC[NH+](Cc2ccccc2)CC1.O=C([O-])/C=C\C(=O)O. The van der Waals surface area contributed by atoms with Crippen molar-refractivity contribution in [1.29, 1.82) is 0 Å². The first kappa shape index (κ1) is 21.2. The maximum Gasteiger partial charge on any atom is 0.328 e. The monoisotopic (exact) mass is 369 g/mol. The van der Waals surface area contributed by atoms with Gasteiger partial charge in [-0.05, 0) is 6.08 Å². The summed E-state index contributed by atoms with van der Waals surface area (Å²) in [5, 5.41) is 17.2. The lowest BCUT2D eigenvalue weighted by Crippen LogP contribution is -3.27. The minimum atomic E-state index is -1.51. The van der Waals surface area contributed by atoms with Crippen LogP contribution < -0.4 is 14.9 Å². The number of hydrogen-bond acceptors (Lipinski definition) is 3. The summed E-state index contributed by atoms with van der Waals surface area (Å²) in [5.41, 5.74) is 1.46. The molecule has 1 aliphatic heterocycles. The van der Waals surface area contributed by atoms with Gasteiger partial charge in [-0.25, -0.2) is 4.79 Å². The van der Waals surface area contributed by atoms with Crippen molar-refractivity contribution < 1.29 is 29.6 Å². The van der Waals surface area contributed by atoms with Crippen LogP contribution in [0.3, 0.4) is 0 Å². The topological polar surface area (TPSA) is 86.3 Å². The molecule has 0 bridgehead atoms. The lowest BCUT2D eigenvalue weighted by atomic mass is 10.2. The van der Waals surface area contributed by atoms with Gasteiger partial charge < -0.3 is 24.8 Å². The predicted octanol–water partition coefficient (Wildman–Crippen LogP) is -2.02. The van der Waals surface area contributed by atoms with Crippen LogP contribution in [0.4, 0.5) is 0 Å². The van der Waals surface area contributed by atoms with E-state index in [1.165, 1.54) is 44.8 Å². The molecule has 0 aromatic heterocycles. The van der Waals surface area contributed by atoms with Crippen LogP contribution in [0.2, 0.25) is 0 Å². The third kappa shape index (κ3) is 10.6.